The summed E-state index contributed by atoms with van der Waals surface area (Å²) in [5, 5.41) is 4.92. The zero-order valence-electron chi connectivity index (χ0n) is 11.0. The first-order valence-electron chi connectivity index (χ1n) is 5.95. The van der Waals surface area contributed by atoms with Crippen LogP contribution in [0.1, 0.15) is 12.6 Å². The molecule has 0 unspecified atom stereocenters. The van der Waals surface area contributed by atoms with Gasteiger partial charge in [0.2, 0.25) is 11.8 Å². The van der Waals surface area contributed by atoms with Gasteiger partial charge >= 0.3 is 0 Å². The lowest BCUT2D eigenvalue weighted by molar-refractivity contribution is -0.118. The van der Waals surface area contributed by atoms with Crippen molar-refractivity contribution in [2.24, 2.45) is 0 Å². The van der Waals surface area contributed by atoms with Gasteiger partial charge in [-0.3, -0.25) is 14.6 Å². The first-order valence-corrected chi connectivity index (χ1v) is 5.95. The summed E-state index contributed by atoms with van der Waals surface area (Å²) in [6.07, 6.45) is 6.23. The van der Waals surface area contributed by atoms with Crippen molar-refractivity contribution in [1.82, 2.24) is 15.6 Å². The van der Waals surface area contributed by atoms with E-state index in [4.69, 9.17) is 0 Å². The van der Waals surface area contributed by atoms with E-state index in [-0.39, 0.29) is 18.1 Å². The highest BCUT2D eigenvalue weighted by atomic mass is 16.2. The Bertz CT molecular complexity index is 536. The van der Waals surface area contributed by atoms with E-state index in [9.17, 15) is 14.4 Å². The van der Waals surface area contributed by atoms with E-state index >= 15 is 0 Å². The molecule has 0 aliphatic carbocycles. The molecular weight excluding hydrogens is 258 g/mol. The summed E-state index contributed by atoms with van der Waals surface area (Å²) in [6, 6.07) is 5.12. The lowest BCUT2D eigenvalue weighted by Crippen LogP contribution is -2.26. The summed E-state index contributed by atoms with van der Waals surface area (Å²) in [4.78, 5) is 37.4. The Morgan fingerprint density at radius 1 is 1.30 bits per heavy atom. The molecule has 0 fully saturated rings. The van der Waals surface area contributed by atoms with Gasteiger partial charge in [0.15, 0.2) is 0 Å². The van der Waals surface area contributed by atoms with Gasteiger partial charge in [0.1, 0.15) is 6.29 Å². The summed E-state index contributed by atoms with van der Waals surface area (Å²) in [5.41, 5.74) is 0.712. The Balaban J connectivity index is 2.95. The van der Waals surface area contributed by atoms with E-state index in [1.165, 1.54) is 12.2 Å². The molecule has 1 aromatic heterocycles. The molecule has 0 aliphatic rings. The quantitative estimate of drug-likeness (QED) is 0.581. The van der Waals surface area contributed by atoms with Gasteiger partial charge in [-0.05, 0) is 25.1 Å². The van der Waals surface area contributed by atoms with Crippen LogP contribution >= 0.6 is 0 Å². The largest absolute Gasteiger partial charge is 0.346 e. The van der Waals surface area contributed by atoms with Crippen molar-refractivity contribution in [1.29, 1.82) is 0 Å². The third-order valence-corrected chi connectivity index (χ3v) is 2.15. The molecule has 0 bridgehead atoms. The zero-order chi connectivity index (χ0) is 14.8. The summed E-state index contributed by atoms with van der Waals surface area (Å²) < 4.78 is 0. The number of allylic oxidation sites excluding steroid dienone is 1. The fourth-order valence-corrected chi connectivity index (χ4v) is 1.35. The summed E-state index contributed by atoms with van der Waals surface area (Å²) in [5.74, 6) is -0.855. The van der Waals surface area contributed by atoms with E-state index < -0.39 is 5.91 Å². The molecule has 6 nitrogen and oxygen atoms in total. The van der Waals surface area contributed by atoms with Crippen LogP contribution in [0.25, 0.3) is 5.70 Å². The Kier molecular flexibility index (Phi) is 6.40. The number of aromatic nitrogens is 1. The maximum absolute atomic E-state index is 11.6. The smallest absolute Gasteiger partial charge is 0.248 e. The first kappa shape index (κ1) is 15.3. The predicted octanol–water partition coefficient (Wildman–Crippen LogP) is 0.430. The van der Waals surface area contributed by atoms with Crippen LogP contribution in [0.4, 0.5) is 0 Å². The minimum absolute atomic E-state index is 0.0896. The lowest BCUT2D eigenvalue weighted by Gasteiger charge is -2.07. The van der Waals surface area contributed by atoms with Crippen LogP contribution in [0, 0.1) is 0 Å². The third-order valence-electron chi connectivity index (χ3n) is 2.15. The summed E-state index contributed by atoms with van der Waals surface area (Å²) in [6.45, 7) is 1.62. The topological polar surface area (TPSA) is 88.2 Å². The van der Waals surface area contributed by atoms with Crippen molar-refractivity contribution in [2.75, 3.05) is 6.54 Å². The zero-order valence-corrected chi connectivity index (χ0v) is 11.0. The second kappa shape index (κ2) is 8.36. The number of carbonyl (C=O) groups excluding carboxylic acids is 3. The van der Waals surface area contributed by atoms with Gasteiger partial charge in [0, 0.05) is 12.3 Å². The molecule has 0 aromatic carbocycles. The molecule has 0 aliphatic heterocycles. The summed E-state index contributed by atoms with van der Waals surface area (Å²) >= 11 is 0. The number of rotatable bonds is 6. The fraction of sp³-hybridized carbons (Fsp3) is 0.143. The molecule has 1 aromatic rings. The monoisotopic (exact) mass is 273 g/mol. The van der Waals surface area contributed by atoms with Crippen LogP contribution in [-0.4, -0.2) is 29.6 Å². The Hall–Kier alpha value is -2.76. The average molecular weight is 273 g/mol. The fourth-order valence-electron chi connectivity index (χ4n) is 1.35. The Labute approximate surface area is 116 Å². The highest BCUT2D eigenvalue weighted by Crippen LogP contribution is 2.07. The third kappa shape index (κ3) is 5.26. The predicted molar refractivity (Wildman–Crippen MR) is 74.2 cm³/mol. The molecule has 20 heavy (non-hydrogen) atoms. The van der Waals surface area contributed by atoms with Crippen LogP contribution in [0.15, 0.2) is 42.6 Å². The number of carbonyl (C=O) groups is 3. The van der Waals surface area contributed by atoms with Gasteiger partial charge in [-0.1, -0.05) is 12.1 Å². The molecule has 1 rings (SSSR count). The van der Waals surface area contributed by atoms with Crippen LogP contribution < -0.4 is 10.6 Å². The second-order valence-electron chi connectivity index (χ2n) is 3.67. The van der Waals surface area contributed by atoms with Crippen molar-refractivity contribution < 1.29 is 14.4 Å². The van der Waals surface area contributed by atoms with Gasteiger partial charge < -0.3 is 15.4 Å². The maximum atomic E-state index is 11.6. The molecule has 0 saturated carbocycles. The molecule has 0 radical (unpaired) electrons. The van der Waals surface area contributed by atoms with Crippen LogP contribution in [-0.2, 0) is 14.4 Å². The molecule has 1 heterocycles. The Morgan fingerprint density at radius 3 is 2.70 bits per heavy atom. The highest BCUT2D eigenvalue weighted by Gasteiger charge is 2.08. The second-order valence-corrected chi connectivity index (χ2v) is 3.67. The minimum Gasteiger partial charge on any atom is -0.346 e. The molecule has 6 heteroatoms. The molecule has 0 saturated heterocycles. The van der Waals surface area contributed by atoms with Crippen molar-refractivity contribution in [3.05, 3.63) is 48.3 Å². The number of hydrogen-bond donors (Lipinski definition) is 2. The molecule has 2 amide bonds. The SMILES string of the molecule is CC=CC(=O)NC(=CC(=O)NCC=O)c1ccccn1. The Morgan fingerprint density at radius 2 is 2.10 bits per heavy atom. The van der Waals surface area contributed by atoms with Gasteiger partial charge in [0.05, 0.1) is 17.9 Å². The molecular formula is C14H15N3O3. The number of amides is 2. The number of nitrogens with one attached hydrogen (secondary N) is 2. The van der Waals surface area contributed by atoms with Crippen LogP contribution in [0.5, 0.6) is 0 Å². The number of aldehydes is 1. The van der Waals surface area contributed by atoms with E-state index in [2.05, 4.69) is 15.6 Å². The normalized spacial score (nSPS) is 11.2. The van der Waals surface area contributed by atoms with Crippen molar-refractivity contribution >= 4 is 23.8 Å². The number of hydrogen-bond acceptors (Lipinski definition) is 4. The van der Waals surface area contributed by atoms with E-state index in [0.717, 1.165) is 0 Å². The number of pyridine rings is 1. The highest BCUT2D eigenvalue weighted by molar-refractivity contribution is 6.00. The van der Waals surface area contributed by atoms with E-state index in [1.807, 2.05) is 0 Å². The molecule has 0 spiro atoms. The summed E-state index contributed by atoms with van der Waals surface area (Å²) in [7, 11) is 0. The van der Waals surface area contributed by atoms with Crippen molar-refractivity contribution in [3.8, 4) is 0 Å². The first-order chi connectivity index (χ1) is 9.67. The van der Waals surface area contributed by atoms with Gasteiger partial charge in [0.25, 0.3) is 0 Å². The van der Waals surface area contributed by atoms with Crippen molar-refractivity contribution in [3.63, 3.8) is 0 Å². The van der Waals surface area contributed by atoms with Crippen LogP contribution in [0.3, 0.4) is 0 Å². The molecule has 2 N–H and O–H groups in total. The lowest BCUT2D eigenvalue weighted by atomic mass is 10.2. The van der Waals surface area contributed by atoms with Crippen molar-refractivity contribution in [2.45, 2.75) is 6.92 Å². The van der Waals surface area contributed by atoms with Gasteiger partial charge in [-0.2, -0.15) is 0 Å². The van der Waals surface area contributed by atoms with E-state index in [0.29, 0.717) is 12.0 Å². The van der Waals surface area contributed by atoms with Crippen LogP contribution in [0.2, 0.25) is 0 Å². The standard InChI is InChI=1S/C14H15N3O3/c1-2-5-13(19)17-12(10-14(20)16-8-9-18)11-6-3-4-7-15-11/h2-7,9-10H,8H2,1H3,(H,16,20)(H,17,19). The average Bonchev–Trinajstić information content (AvgIpc) is 2.45. The van der Waals surface area contributed by atoms with Gasteiger partial charge in [-0.15, -0.1) is 0 Å². The number of nitrogens with zero attached hydrogens (tertiary/aromatic N) is 1. The minimum atomic E-state index is -0.487. The van der Waals surface area contributed by atoms with Gasteiger partial charge in [-0.25, -0.2) is 0 Å². The maximum Gasteiger partial charge on any atom is 0.248 e. The van der Waals surface area contributed by atoms with E-state index in [1.54, 1.807) is 37.4 Å². The molecule has 104 valence electrons. The molecule has 0 atom stereocenters.